The predicted octanol–water partition coefficient (Wildman–Crippen LogP) is 2.65. The van der Waals surface area contributed by atoms with E-state index >= 15 is 0 Å². The zero-order valence-corrected chi connectivity index (χ0v) is 15.3. The fraction of sp³-hybridized carbons (Fsp3) is 0.632. The number of nitrogens with zero attached hydrogens (tertiary/aromatic N) is 2. The lowest BCUT2D eigenvalue weighted by molar-refractivity contribution is -0.131. The molecule has 0 bridgehead atoms. The van der Waals surface area contributed by atoms with Gasteiger partial charge in [-0.25, -0.2) is 0 Å². The van der Waals surface area contributed by atoms with Gasteiger partial charge in [0.25, 0.3) is 0 Å². The summed E-state index contributed by atoms with van der Waals surface area (Å²) in [5.74, 6) is 0.362. The monoisotopic (exact) mass is 352 g/mol. The largest absolute Gasteiger partial charge is 0.385 e. The first kappa shape index (κ1) is 19.2. The SMILES string of the molecule is CN1CCC(O)(c2ccccc2)C(CCC(=O)N2CCCC2)C1.Cl. The first-order chi connectivity index (χ1) is 11.1. The first-order valence-corrected chi connectivity index (χ1v) is 8.84. The van der Waals surface area contributed by atoms with E-state index in [0.29, 0.717) is 6.42 Å². The van der Waals surface area contributed by atoms with Gasteiger partial charge in [0.05, 0.1) is 5.60 Å². The van der Waals surface area contributed by atoms with Gasteiger partial charge in [0, 0.05) is 38.5 Å². The van der Waals surface area contributed by atoms with Crippen molar-refractivity contribution in [3.05, 3.63) is 35.9 Å². The lowest BCUT2D eigenvalue weighted by atomic mass is 9.74. The Morgan fingerprint density at radius 3 is 2.54 bits per heavy atom. The third kappa shape index (κ3) is 4.11. The number of benzene rings is 1. The second-order valence-corrected chi connectivity index (χ2v) is 7.13. The van der Waals surface area contributed by atoms with E-state index < -0.39 is 5.60 Å². The van der Waals surface area contributed by atoms with Crippen LogP contribution < -0.4 is 0 Å². The van der Waals surface area contributed by atoms with Crippen LogP contribution in [0.15, 0.2) is 30.3 Å². The number of hydrogen-bond donors (Lipinski definition) is 1. The summed E-state index contributed by atoms with van der Waals surface area (Å²) in [5.41, 5.74) is 0.186. The van der Waals surface area contributed by atoms with Crippen molar-refractivity contribution in [1.82, 2.24) is 9.80 Å². The van der Waals surface area contributed by atoms with Crippen LogP contribution in [0.2, 0.25) is 0 Å². The molecule has 134 valence electrons. The van der Waals surface area contributed by atoms with Gasteiger partial charge in [0.15, 0.2) is 0 Å². The maximum absolute atomic E-state index is 12.3. The highest BCUT2D eigenvalue weighted by atomic mass is 35.5. The van der Waals surface area contributed by atoms with Crippen LogP contribution in [0.5, 0.6) is 0 Å². The number of piperidine rings is 1. The number of carbonyl (C=O) groups is 1. The lowest BCUT2D eigenvalue weighted by Gasteiger charge is -2.44. The number of carbonyl (C=O) groups excluding carboxylic acids is 1. The highest BCUT2D eigenvalue weighted by Crippen LogP contribution is 2.39. The quantitative estimate of drug-likeness (QED) is 0.906. The Labute approximate surface area is 151 Å². The summed E-state index contributed by atoms with van der Waals surface area (Å²) >= 11 is 0. The van der Waals surface area contributed by atoms with Crippen molar-refractivity contribution in [3.8, 4) is 0 Å². The third-order valence-electron chi connectivity index (χ3n) is 5.52. The van der Waals surface area contributed by atoms with Crippen LogP contribution in [0.4, 0.5) is 0 Å². The first-order valence-electron chi connectivity index (χ1n) is 8.84. The van der Waals surface area contributed by atoms with E-state index in [1.165, 1.54) is 0 Å². The van der Waals surface area contributed by atoms with E-state index in [4.69, 9.17) is 0 Å². The molecule has 1 aromatic carbocycles. The minimum Gasteiger partial charge on any atom is -0.385 e. The minimum atomic E-state index is -0.806. The molecule has 2 atom stereocenters. The van der Waals surface area contributed by atoms with Gasteiger partial charge in [-0.1, -0.05) is 30.3 Å². The molecule has 2 aliphatic rings. The van der Waals surface area contributed by atoms with Gasteiger partial charge in [0.2, 0.25) is 5.91 Å². The average molecular weight is 353 g/mol. The van der Waals surface area contributed by atoms with Crippen molar-refractivity contribution in [2.24, 2.45) is 5.92 Å². The zero-order valence-electron chi connectivity index (χ0n) is 14.5. The Hall–Kier alpha value is -1.10. The summed E-state index contributed by atoms with van der Waals surface area (Å²) in [6, 6.07) is 9.98. The average Bonchev–Trinajstić information content (AvgIpc) is 3.11. The molecular weight excluding hydrogens is 324 g/mol. The van der Waals surface area contributed by atoms with Crippen molar-refractivity contribution < 1.29 is 9.90 Å². The number of likely N-dealkylation sites (tertiary alicyclic amines) is 2. The Morgan fingerprint density at radius 2 is 1.88 bits per heavy atom. The van der Waals surface area contributed by atoms with E-state index in [0.717, 1.165) is 57.4 Å². The Morgan fingerprint density at radius 1 is 1.21 bits per heavy atom. The summed E-state index contributed by atoms with van der Waals surface area (Å²) in [6.07, 6.45) is 4.30. The molecule has 0 saturated carbocycles. The Bertz CT molecular complexity index is 533. The molecule has 2 fully saturated rings. The van der Waals surface area contributed by atoms with Crippen molar-refractivity contribution in [2.75, 3.05) is 33.2 Å². The van der Waals surface area contributed by atoms with Gasteiger partial charge in [-0.15, -0.1) is 12.4 Å². The van der Waals surface area contributed by atoms with Crippen molar-refractivity contribution in [2.45, 2.75) is 37.7 Å². The van der Waals surface area contributed by atoms with Crippen LogP contribution in [0.1, 0.15) is 37.7 Å². The lowest BCUT2D eigenvalue weighted by Crippen LogP contribution is -2.49. The van der Waals surface area contributed by atoms with Gasteiger partial charge in [-0.2, -0.15) is 0 Å². The van der Waals surface area contributed by atoms with E-state index in [2.05, 4.69) is 11.9 Å². The predicted molar refractivity (Wildman–Crippen MR) is 98.2 cm³/mol. The summed E-state index contributed by atoms with van der Waals surface area (Å²) in [6.45, 7) is 3.55. The van der Waals surface area contributed by atoms with Crippen molar-refractivity contribution in [3.63, 3.8) is 0 Å². The van der Waals surface area contributed by atoms with Crippen LogP contribution in [0, 0.1) is 5.92 Å². The molecule has 4 nitrogen and oxygen atoms in total. The normalized spacial score (nSPS) is 27.8. The van der Waals surface area contributed by atoms with Gasteiger partial charge < -0.3 is 14.9 Å². The zero-order chi connectivity index (χ0) is 16.3. The van der Waals surface area contributed by atoms with Gasteiger partial charge >= 0.3 is 0 Å². The number of rotatable bonds is 4. The molecule has 1 amide bonds. The minimum absolute atomic E-state index is 0. The van der Waals surface area contributed by atoms with E-state index in [9.17, 15) is 9.90 Å². The third-order valence-corrected chi connectivity index (χ3v) is 5.52. The molecule has 1 N–H and O–H groups in total. The molecule has 0 aliphatic carbocycles. The number of halogens is 1. The maximum Gasteiger partial charge on any atom is 0.222 e. The number of hydrogen-bond acceptors (Lipinski definition) is 3. The van der Waals surface area contributed by atoms with Crippen LogP contribution in [0.3, 0.4) is 0 Å². The molecule has 2 heterocycles. The van der Waals surface area contributed by atoms with Crippen molar-refractivity contribution >= 4 is 18.3 Å². The number of aliphatic hydroxyl groups is 1. The molecule has 2 saturated heterocycles. The second kappa shape index (κ2) is 8.32. The highest BCUT2D eigenvalue weighted by Gasteiger charge is 2.42. The fourth-order valence-corrected chi connectivity index (χ4v) is 4.04. The molecular formula is C19H29ClN2O2. The van der Waals surface area contributed by atoms with Crippen molar-refractivity contribution in [1.29, 1.82) is 0 Å². The maximum atomic E-state index is 12.3. The van der Waals surface area contributed by atoms with Gasteiger partial charge in [-0.05, 0) is 38.3 Å². The fourth-order valence-electron chi connectivity index (χ4n) is 4.04. The second-order valence-electron chi connectivity index (χ2n) is 7.13. The highest BCUT2D eigenvalue weighted by molar-refractivity contribution is 5.85. The van der Waals surface area contributed by atoms with E-state index in [1.54, 1.807) is 0 Å². The van der Waals surface area contributed by atoms with Crippen LogP contribution >= 0.6 is 12.4 Å². The molecule has 2 aliphatic heterocycles. The standard InChI is InChI=1S/C19H28N2O2.ClH/c1-20-14-11-19(23,16-7-3-2-4-8-16)17(15-20)9-10-18(22)21-12-5-6-13-21;/h2-4,7-8,17,23H,5-6,9-15H2,1H3;1H. The smallest absolute Gasteiger partial charge is 0.222 e. The van der Waals surface area contributed by atoms with Gasteiger partial charge in [0.1, 0.15) is 0 Å². The Kier molecular flexibility index (Phi) is 6.67. The molecule has 1 aromatic rings. The molecule has 2 unspecified atom stereocenters. The molecule has 24 heavy (non-hydrogen) atoms. The summed E-state index contributed by atoms with van der Waals surface area (Å²) in [4.78, 5) is 16.6. The molecule has 0 spiro atoms. The van der Waals surface area contributed by atoms with E-state index in [-0.39, 0.29) is 24.2 Å². The molecule has 0 aromatic heterocycles. The summed E-state index contributed by atoms with van der Waals surface area (Å²) in [5, 5.41) is 11.3. The molecule has 3 rings (SSSR count). The van der Waals surface area contributed by atoms with Crippen LogP contribution in [0.25, 0.3) is 0 Å². The van der Waals surface area contributed by atoms with Gasteiger partial charge in [-0.3, -0.25) is 4.79 Å². The van der Waals surface area contributed by atoms with Crippen LogP contribution in [-0.2, 0) is 10.4 Å². The summed E-state index contributed by atoms with van der Waals surface area (Å²) in [7, 11) is 2.10. The van der Waals surface area contributed by atoms with Crippen LogP contribution in [-0.4, -0.2) is 54.0 Å². The molecule has 0 radical (unpaired) electrons. The molecule has 5 heteroatoms. The number of amides is 1. The topological polar surface area (TPSA) is 43.8 Å². The summed E-state index contributed by atoms with van der Waals surface area (Å²) < 4.78 is 0. The van der Waals surface area contributed by atoms with E-state index in [1.807, 2.05) is 35.2 Å². The Balaban J connectivity index is 0.00000208.